The van der Waals surface area contributed by atoms with Crippen LogP contribution >= 0.6 is 0 Å². The SMILES string of the molecule is [B]C1([B])OC(N)=N[C@]12c1cc(-c3cnccn3)ccc1C[C@]21CC[C@@H](OC)[C@H](C)C1. The topological polar surface area (TPSA) is 82.6 Å². The number of nitrogens with two attached hydrogens (primary N) is 1. The lowest BCUT2D eigenvalue weighted by Gasteiger charge is -2.53. The molecule has 0 unspecified atom stereocenters. The van der Waals surface area contributed by atoms with Gasteiger partial charge in [-0.25, -0.2) is 4.99 Å². The van der Waals surface area contributed by atoms with Gasteiger partial charge in [-0.15, -0.1) is 0 Å². The molecule has 1 aromatic heterocycles. The molecule has 30 heavy (non-hydrogen) atoms. The molecule has 1 aliphatic heterocycles. The van der Waals surface area contributed by atoms with Crippen molar-refractivity contribution >= 4 is 21.7 Å². The van der Waals surface area contributed by atoms with Crippen LogP contribution in [0.3, 0.4) is 0 Å². The van der Waals surface area contributed by atoms with E-state index < -0.39 is 10.9 Å². The predicted octanol–water partition coefficient (Wildman–Crippen LogP) is 2.05. The number of rotatable bonds is 2. The van der Waals surface area contributed by atoms with E-state index in [9.17, 15) is 0 Å². The highest BCUT2D eigenvalue weighted by Gasteiger charge is 2.68. The number of aromatic nitrogens is 2. The number of amidine groups is 1. The molecule has 1 aromatic carbocycles. The molecule has 6 nitrogen and oxygen atoms in total. The van der Waals surface area contributed by atoms with Crippen molar-refractivity contribution in [1.82, 2.24) is 9.97 Å². The number of methoxy groups -OCH3 is 1. The van der Waals surface area contributed by atoms with E-state index in [1.54, 1.807) is 25.7 Å². The number of fused-ring (bicyclic) bond motifs is 3. The molecule has 0 amide bonds. The van der Waals surface area contributed by atoms with Crippen molar-refractivity contribution in [1.29, 1.82) is 0 Å². The minimum absolute atomic E-state index is 0.0404. The molecule has 2 heterocycles. The number of hydrogen-bond acceptors (Lipinski definition) is 6. The van der Waals surface area contributed by atoms with Crippen LogP contribution in [0.15, 0.2) is 41.8 Å². The number of nitrogens with zero attached hydrogens (tertiary/aromatic N) is 3. The van der Waals surface area contributed by atoms with Crippen molar-refractivity contribution in [3.8, 4) is 11.3 Å². The molecule has 1 saturated carbocycles. The molecular formula is C22H24B2N4O2. The van der Waals surface area contributed by atoms with Gasteiger partial charge < -0.3 is 15.2 Å². The Morgan fingerprint density at radius 3 is 2.73 bits per heavy atom. The van der Waals surface area contributed by atoms with Crippen LogP contribution in [-0.2, 0) is 21.4 Å². The van der Waals surface area contributed by atoms with Crippen molar-refractivity contribution < 1.29 is 9.47 Å². The van der Waals surface area contributed by atoms with Gasteiger partial charge in [0.2, 0.25) is 0 Å². The van der Waals surface area contributed by atoms with Crippen molar-refractivity contribution in [2.45, 2.75) is 49.6 Å². The van der Waals surface area contributed by atoms with Crippen molar-refractivity contribution in [3.05, 3.63) is 47.9 Å². The van der Waals surface area contributed by atoms with Gasteiger partial charge in [-0.05, 0) is 48.8 Å². The van der Waals surface area contributed by atoms with Crippen LogP contribution < -0.4 is 5.73 Å². The summed E-state index contributed by atoms with van der Waals surface area (Å²) >= 11 is 0. The fourth-order valence-corrected chi connectivity index (χ4v) is 6.17. The maximum absolute atomic E-state index is 6.63. The number of ether oxygens (including phenoxy) is 2. The first-order valence-electron chi connectivity index (χ1n) is 10.4. The van der Waals surface area contributed by atoms with E-state index in [4.69, 9.17) is 35.9 Å². The average Bonchev–Trinajstić information content (AvgIpc) is 3.13. The number of benzene rings is 1. The molecule has 4 atom stereocenters. The zero-order valence-electron chi connectivity index (χ0n) is 17.3. The molecule has 2 aliphatic carbocycles. The fourth-order valence-electron chi connectivity index (χ4n) is 6.17. The van der Waals surface area contributed by atoms with Crippen LogP contribution in [0.1, 0.15) is 37.3 Å². The van der Waals surface area contributed by atoms with Gasteiger partial charge >= 0.3 is 0 Å². The molecule has 1 fully saturated rings. The van der Waals surface area contributed by atoms with Gasteiger partial charge in [0.15, 0.2) is 0 Å². The van der Waals surface area contributed by atoms with Crippen molar-refractivity contribution in [3.63, 3.8) is 0 Å². The standard InChI is InChI=1S/C22H24B2N4O2/c1-13-10-20(6-5-18(13)29-2)11-15-4-3-14(17-12-26-7-8-27-17)9-16(15)21(20)22(23,24)30-19(25)28-21/h3-4,7-9,12-13,18H,5-6,10-11H2,1-2H3,(H2,25,28)/t13-,18-,20-,21+/m1/s1. The summed E-state index contributed by atoms with van der Waals surface area (Å²) in [6.07, 6.45) is 8.77. The minimum atomic E-state index is -1.54. The van der Waals surface area contributed by atoms with Gasteiger partial charge in [0.25, 0.3) is 6.02 Å². The molecule has 0 saturated heterocycles. The highest BCUT2D eigenvalue weighted by Crippen LogP contribution is 2.65. The first-order valence-corrected chi connectivity index (χ1v) is 10.4. The Bertz CT molecular complexity index is 1020. The maximum atomic E-state index is 6.63. The van der Waals surface area contributed by atoms with Gasteiger partial charge in [-0.1, -0.05) is 19.1 Å². The normalized spacial score (nSPS) is 34.0. The van der Waals surface area contributed by atoms with Crippen LogP contribution in [0, 0.1) is 11.3 Å². The second-order valence-electron chi connectivity index (χ2n) is 8.97. The Kier molecular flexibility index (Phi) is 4.30. The smallest absolute Gasteiger partial charge is 0.281 e. The molecule has 2 aromatic rings. The Hall–Kier alpha value is -2.34. The maximum Gasteiger partial charge on any atom is 0.281 e. The number of hydrogen-bond donors (Lipinski definition) is 1. The number of aliphatic imine (C=N–C) groups is 1. The summed E-state index contributed by atoms with van der Waals surface area (Å²) in [6, 6.07) is 6.32. The zero-order valence-corrected chi connectivity index (χ0v) is 17.3. The van der Waals surface area contributed by atoms with E-state index in [1.165, 1.54) is 5.56 Å². The molecular weight excluding hydrogens is 374 g/mol. The largest absolute Gasteiger partial charge is 0.476 e. The average molecular weight is 398 g/mol. The molecule has 8 heteroatoms. The van der Waals surface area contributed by atoms with E-state index in [1.807, 2.05) is 0 Å². The van der Waals surface area contributed by atoms with E-state index >= 15 is 0 Å². The van der Waals surface area contributed by atoms with Gasteiger partial charge in [0.1, 0.15) is 21.2 Å². The van der Waals surface area contributed by atoms with Crippen LogP contribution in [0.2, 0.25) is 0 Å². The van der Waals surface area contributed by atoms with E-state index in [-0.39, 0.29) is 17.5 Å². The third-order valence-corrected chi connectivity index (χ3v) is 7.33. The quantitative estimate of drug-likeness (QED) is 0.784. The first-order chi connectivity index (χ1) is 14.3. The van der Waals surface area contributed by atoms with Crippen LogP contribution in [0.25, 0.3) is 11.3 Å². The van der Waals surface area contributed by atoms with Crippen molar-refractivity contribution in [2.24, 2.45) is 22.1 Å². The summed E-state index contributed by atoms with van der Waals surface area (Å²) in [6.45, 7) is 2.22. The molecule has 4 radical (unpaired) electrons. The molecule has 5 rings (SSSR count). The predicted molar refractivity (Wildman–Crippen MR) is 116 cm³/mol. The molecule has 2 spiro atoms. The summed E-state index contributed by atoms with van der Waals surface area (Å²) in [5.41, 5.74) is 8.67. The first kappa shape index (κ1) is 19.6. The van der Waals surface area contributed by atoms with Crippen LogP contribution in [0.5, 0.6) is 0 Å². The fraction of sp³-hybridized carbons (Fsp3) is 0.500. The molecule has 2 N–H and O–H groups in total. The second-order valence-corrected chi connectivity index (χ2v) is 8.97. The minimum Gasteiger partial charge on any atom is -0.476 e. The van der Waals surface area contributed by atoms with Gasteiger partial charge in [0.05, 0.1) is 23.4 Å². The summed E-state index contributed by atoms with van der Waals surface area (Å²) in [5.74, 6) is 0.335. The Labute approximate surface area is 179 Å². The summed E-state index contributed by atoms with van der Waals surface area (Å²) in [7, 11) is 15.0. The lowest BCUT2D eigenvalue weighted by atomic mass is 9.44. The van der Waals surface area contributed by atoms with Crippen LogP contribution in [-0.4, -0.2) is 50.3 Å². The lowest BCUT2D eigenvalue weighted by molar-refractivity contribution is -0.0559. The van der Waals surface area contributed by atoms with Crippen molar-refractivity contribution in [2.75, 3.05) is 7.11 Å². The van der Waals surface area contributed by atoms with E-state index in [0.717, 1.165) is 42.5 Å². The lowest BCUT2D eigenvalue weighted by Crippen LogP contribution is -2.60. The Balaban J connectivity index is 1.70. The highest BCUT2D eigenvalue weighted by molar-refractivity contribution is 6.41. The Morgan fingerprint density at radius 2 is 2.10 bits per heavy atom. The third-order valence-electron chi connectivity index (χ3n) is 7.33. The summed E-state index contributed by atoms with van der Waals surface area (Å²) < 4.78 is 11.4. The summed E-state index contributed by atoms with van der Waals surface area (Å²) in [4.78, 5) is 13.5. The monoisotopic (exact) mass is 398 g/mol. The third kappa shape index (κ3) is 2.52. The zero-order chi connectivity index (χ0) is 21.1. The highest BCUT2D eigenvalue weighted by atomic mass is 16.5. The van der Waals surface area contributed by atoms with E-state index in [2.05, 4.69) is 35.1 Å². The second kappa shape index (κ2) is 6.58. The summed E-state index contributed by atoms with van der Waals surface area (Å²) in [5, 5.41) is -1.54. The van der Waals surface area contributed by atoms with Gasteiger partial charge in [0, 0.05) is 30.5 Å². The molecule has 0 bridgehead atoms. The Morgan fingerprint density at radius 1 is 1.27 bits per heavy atom. The molecule has 3 aliphatic rings. The van der Waals surface area contributed by atoms with Crippen LogP contribution in [0.4, 0.5) is 0 Å². The van der Waals surface area contributed by atoms with E-state index in [0.29, 0.717) is 5.92 Å². The van der Waals surface area contributed by atoms with Gasteiger partial charge in [-0.2, -0.15) is 0 Å². The molecule has 150 valence electrons. The van der Waals surface area contributed by atoms with Gasteiger partial charge in [-0.3, -0.25) is 9.97 Å².